The summed E-state index contributed by atoms with van der Waals surface area (Å²) in [5.74, 6) is -1.41. The highest BCUT2D eigenvalue weighted by molar-refractivity contribution is 8.00. The maximum absolute atomic E-state index is 13.5. The van der Waals surface area contributed by atoms with Crippen LogP contribution in [0.25, 0.3) is 10.7 Å². The van der Waals surface area contributed by atoms with Crippen LogP contribution >= 0.6 is 46.3 Å². The zero-order chi connectivity index (χ0) is 18.0. The Balaban J connectivity index is 1.78. The summed E-state index contributed by atoms with van der Waals surface area (Å²) in [6.07, 6.45) is 2.55. The molecule has 2 heterocycles. The van der Waals surface area contributed by atoms with Gasteiger partial charge in [0.25, 0.3) is 0 Å². The molecule has 0 aliphatic rings. The maximum Gasteiger partial charge on any atom is 0.356 e. The van der Waals surface area contributed by atoms with Gasteiger partial charge in [-0.25, -0.2) is 14.2 Å². The number of hydrogen-bond donors (Lipinski definition) is 1. The first-order chi connectivity index (χ1) is 12.0. The topological polar surface area (TPSA) is 88.9 Å². The predicted octanol–water partition coefficient (Wildman–Crippen LogP) is 4.43. The Bertz CT molecular complexity index is 954. The highest BCUT2D eigenvalue weighted by Gasteiger charge is 2.15. The molecule has 0 aliphatic heterocycles. The molecule has 1 N–H and O–H groups in total. The van der Waals surface area contributed by atoms with Crippen molar-refractivity contribution in [3.05, 3.63) is 51.6 Å². The van der Waals surface area contributed by atoms with Crippen LogP contribution in [0.4, 0.5) is 4.39 Å². The quantitative estimate of drug-likeness (QED) is 0.485. The van der Waals surface area contributed by atoms with Gasteiger partial charge in [0, 0.05) is 16.3 Å². The van der Waals surface area contributed by atoms with Crippen LogP contribution in [-0.4, -0.2) is 31.2 Å². The number of nitrogens with zero attached hydrogens (tertiary/aromatic N) is 4. The molecule has 25 heavy (non-hydrogen) atoms. The molecule has 0 spiro atoms. The molecule has 6 nitrogen and oxygen atoms in total. The fourth-order valence-corrected chi connectivity index (χ4v) is 4.29. The van der Waals surface area contributed by atoms with E-state index in [4.69, 9.17) is 28.3 Å². The van der Waals surface area contributed by atoms with Crippen molar-refractivity contribution in [2.45, 2.75) is 10.1 Å². The molecule has 2 aromatic heterocycles. The zero-order valence-corrected chi connectivity index (χ0v) is 15.3. The normalized spacial score (nSPS) is 10.8. The average Bonchev–Trinajstić information content (AvgIpc) is 3.07. The molecule has 0 fully saturated rings. The summed E-state index contributed by atoms with van der Waals surface area (Å²) in [6.45, 7) is 0. The molecule has 128 valence electrons. The van der Waals surface area contributed by atoms with E-state index in [1.54, 1.807) is 0 Å². The van der Waals surface area contributed by atoms with Gasteiger partial charge in [-0.2, -0.15) is 0 Å². The Kier molecular flexibility index (Phi) is 5.48. The monoisotopic (exact) mass is 416 g/mol. The first kappa shape index (κ1) is 18.0. The van der Waals surface area contributed by atoms with Gasteiger partial charge in [-0.05, 0) is 12.1 Å². The van der Waals surface area contributed by atoms with Crippen LogP contribution in [0.1, 0.15) is 16.1 Å². The number of rotatable bonds is 5. The molecule has 0 amide bonds. The van der Waals surface area contributed by atoms with E-state index in [9.17, 15) is 9.18 Å². The van der Waals surface area contributed by atoms with Crippen molar-refractivity contribution >= 4 is 52.3 Å². The highest BCUT2D eigenvalue weighted by atomic mass is 35.5. The molecule has 0 aliphatic carbocycles. The maximum atomic E-state index is 13.5. The minimum atomic E-state index is -1.18. The molecule has 0 saturated heterocycles. The summed E-state index contributed by atoms with van der Waals surface area (Å²) in [5, 5.41) is 17.7. The molecule has 1 aromatic carbocycles. The Morgan fingerprint density at radius 3 is 2.84 bits per heavy atom. The van der Waals surface area contributed by atoms with Gasteiger partial charge >= 0.3 is 5.97 Å². The van der Waals surface area contributed by atoms with Gasteiger partial charge in [0.1, 0.15) is 11.5 Å². The number of hydrogen-bond acceptors (Lipinski definition) is 7. The molecular weight excluding hydrogens is 410 g/mol. The molecule has 0 saturated carbocycles. The zero-order valence-electron chi connectivity index (χ0n) is 12.1. The number of aromatic nitrogens is 4. The van der Waals surface area contributed by atoms with Gasteiger partial charge in [0.2, 0.25) is 0 Å². The first-order valence-electron chi connectivity index (χ1n) is 6.60. The molecule has 0 atom stereocenters. The van der Waals surface area contributed by atoms with E-state index in [1.165, 1.54) is 41.4 Å². The van der Waals surface area contributed by atoms with E-state index in [0.29, 0.717) is 31.4 Å². The minimum Gasteiger partial charge on any atom is -0.476 e. The molecule has 3 rings (SSSR count). The van der Waals surface area contributed by atoms with Gasteiger partial charge < -0.3 is 5.11 Å². The fourth-order valence-electron chi connectivity index (χ4n) is 1.78. The SMILES string of the molecule is O=C(O)c1cncc(-c2nnc(SCc3c(Cl)ccc(F)c3Cl)s2)n1. The average molecular weight is 417 g/mol. The summed E-state index contributed by atoms with van der Waals surface area (Å²) in [6, 6.07) is 2.65. The Morgan fingerprint density at radius 2 is 2.08 bits per heavy atom. The lowest BCUT2D eigenvalue weighted by Gasteiger charge is -2.05. The molecule has 0 unspecified atom stereocenters. The first-order valence-corrected chi connectivity index (χ1v) is 9.16. The highest BCUT2D eigenvalue weighted by Crippen LogP contribution is 2.35. The van der Waals surface area contributed by atoms with E-state index in [-0.39, 0.29) is 10.7 Å². The third-order valence-electron chi connectivity index (χ3n) is 2.96. The van der Waals surface area contributed by atoms with Crippen molar-refractivity contribution in [2.75, 3.05) is 0 Å². The van der Waals surface area contributed by atoms with Crippen molar-refractivity contribution in [3.8, 4) is 10.7 Å². The van der Waals surface area contributed by atoms with Gasteiger partial charge in [-0.15, -0.1) is 10.2 Å². The molecule has 11 heteroatoms. The largest absolute Gasteiger partial charge is 0.476 e. The van der Waals surface area contributed by atoms with Gasteiger partial charge in [-0.1, -0.05) is 46.3 Å². The summed E-state index contributed by atoms with van der Waals surface area (Å²) in [4.78, 5) is 18.7. The Morgan fingerprint density at radius 1 is 1.28 bits per heavy atom. The summed E-state index contributed by atoms with van der Waals surface area (Å²) < 4.78 is 14.1. The number of carboxylic acid groups (broad SMARTS) is 1. The van der Waals surface area contributed by atoms with Crippen LogP contribution < -0.4 is 0 Å². The second kappa shape index (κ2) is 7.61. The lowest BCUT2D eigenvalue weighted by Crippen LogP contribution is -2.01. The fraction of sp³-hybridized carbons (Fsp3) is 0.0714. The molecule has 0 bridgehead atoms. The van der Waals surface area contributed by atoms with Crippen LogP contribution in [0.2, 0.25) is 10.0 Å². The summed E-state index contributed by atoms with van der Waals surface area (Å²) in [7, 11) is 0. The van der Waals surface area contributed by atoms with Crippen LogP contribution in [-0.2, 0) is 5.75 Å². The summed E-state index contributed by atoms with van der Waals surface area (Å²) in [5.41, 5.74) is 0.601. The van der Waals surface area contributed by atoms with Gasteiger partial charge in [-0.3, -0.25) is 4.98 Å². The minimum absolute atomic E-state index is 0.0234. The van der Waals surface area contributed by atoms with Crippen LogP contribution in [0.3, 0.4) is 0 Å². The lowest BCUT2D eigenvalue weighted by molar-refractivity contribution is 0.0690. The second-order valence-corrected chi connectivity index (χ2v) is 7.56. The standard InChI is InChI=1S/C14H7Cl2FN4O2S2/c15-7-1-2-8(17)11(16)6(7)5-24-14-21-20-12(25-14)9-3-18-4-10(19-9)13(22)23/h1-4H,5H2,(H,22,23). The Hall–Kier alpha value is -1.81. The van der Waals surface area contributed by atoms with E-state index >= 15 is 0 Å². The van der Waals surface area contributed by atoms with Crippen molar-refractivity contribution in [1.82, 2.24) is 20.2 Å². The molecule has 0 radical (unpaired) electrons. The predicted molar refractivity (Wildman–Crippen MR) is 93.9 cm³/mol. The Labute approximate surface area is 159 Å². The van der Waals surface area contributed by atoms with Crippen LogP contribution in [0.5, 0.6) is 0 Å². The number of carbonyl (C=O) groups is 1. The number of aromatic carboxylic acids is 1. The van der Waals surface area contributed by atoms with Crippen LogP contribution in [0.15, 0.2) is 28.9 Å². The van der Waals surface area contributed by atoms with Crippen molar-refractivity contribution in [2.24, 2.45) is 0 Å². The van der Waals surface area contributed by atoms with E-state index in [2.05, 4.69) is 20.2 Å². The van der Waals surface area contributed by atoms with E-state index < -0.39 is 11.8 Å². The van der Waals surface area contributed by atoms with Gasteiger partial charge in [0.15, 0.2) is 15.0 Å². The third-order valence-corrected chi connectivity index (χ3v) is 5.83. The molecule has 3 aromatic rings. The number of carboxylic acids is 1. The van der Waals surface area contributed by atoms with Gasteiger partial charge in [0.05, 0.1) is 17.4 Å². The van der Waals surface area contributed by atoms with Crippen molar-refractivity contribution < 1.29 is 14.3 Å². The van der Waals surface area contributed by atoms with E-state index in [1.807, 2.05) is 0 Å². The number of thioether (sulfide) groups is 1. The smallest absolute Gasteiger partial charge is 0.356 e. The lowest BCUT2D eigenvalue weighted by atomic mass is 10.2. The molecular formula is C14H7Cl2FN4O2S2. The number of halogens is 3. The second-order valence-electron chi connectivity index (χ2n) is 4.58. The summed E-state index contributed by atoms with van der Waals surface area (Å²) >= 11 is 14.5. The van der Waals surface area contributed by atoms with Crippen molar-refractivity contribution in [3.63, 3.8) is 0 Å². The van der Waals surface area contributed by atoms with Crippen molar-refractivity contribution in [1.29, 1.82) is 0 Å². The van der Waals surface area contributed by atoms with Crippen LogP contribution in [0, 0.1) is 5.82 Å². The van der Waals surface area contributed by atoms with E-state index in [0.717, 1.165) is 6.20 Å². The number of benzene rings is 1. The third kappa shape index (κ3) is 4.06.